The van der Waals surface area contributed by atoms with Gasteiger partial charge in [0.25, 0.3) is 0 Å². The molecule has 0 atom stereocenters. The maximum Gasteiger partial charge on any atom is 0.137 e. The molecule has 3 heteroatoms. The normalized spacial score (nSPS) is 10.0. The molecule has 0 aliphatic rings. The summed E-state index contributed by atoms with van der Waals surface area (Å²) in [5.74, 6) is 0.763. The fourth-order valence-corrected chi connectivity index (χ4v) is 1.29. The van der Waals surface area contributed by atoms with Crippen molar-refractivity contribution in [3.05, 3.63) is 42.4 Å². The number of aromatic nitrogens is 2. The van der Waals surface area contributed by atoms with Crippen LogP contribution in [0.15, 0.2) is 36.7 Å². The monoisotopic (exact) mass is 200 g/mol. The zero-order valence-electron chi connectivity index (χ0n) is 8.77. The molecule has 0 aromatic carbocycles. The van der Waals surface area contributed by atoms with Crippen molar-refractivity contribution in [3.8, 4) is 17.0 Å². The van der Waals surface area contributed by atoms with Crippen molar-refractivity contribution in [1.29, 1.82) is 0 Å². The Balaban J connectivity index is 2.33. The third-order valence-electron chi connectivity index (χ3n) is 2.18. The Morgan fingerprint density at radius 3 is 2.40 bits per heavy atom. The zero-order chi connectivity index (χ0) is 10.7. The van der Waals surface area contributed by atoms with Crippen LogP contribution in [0.5, 0.6) is 5.75 Å². The van der Waals surface area contributed by atoms with Gasteiger partial charge >= 0.3 is 0 Å². The molecule has 0 aliphatic heterocycles. The molecule has 0 amide bonds. The van der Waals surface area contributed by atoms with Crippen LogP contribution in [-0.2, 0) is 0 Å². The third kappa shape index (κ3) is 2.13. The molecule has 0 N–H and O–H groups in total. The van der Waals surface area contributed by atoms with Crippen molar-refractivity contribution in [2.24, 2.45) is 0 Å². The van der Waals surface area contributed by atoms with Crippen molar-refractivity contribution < 1.29 is 4.74 Å². The van der Waals surface area contributed by atoms with Gasteiger partial charge in [0.05, 0.1) is 19.0 Å². The summed E-state index contributed by atoms with van der Waals surface area (Å²) in [6.07, 6.45) is 3.53. The zero-order valence-corrected chi connectivity index (χ0v) is 8.77. The Morgan fingerprint density at radius 2 is 1.87 bits per heavy atom. The Bertz CT molecular complexity index is 434. The molecule has 2 rings (SSSR count). The molecule has 2 aromatic rings. The van der Waals surface area contributed by atoms with Gasteiger partial charge in [0.15, 0.2) is 0 Å². The number of pyridine rings is 2. The number of hydrogen-bond acceptors (Lipinski definition) is 3. The molecule has 0 saturated carbocycles. The minimum absolute atomic E-state index is 0.763. The fraction of sp³-hybridized carbons (Fsp3) is 0.167. The highest BCUT2D eigenvalue weighted by Crippen LogP contribution is 2.18. The Morgan fingerprint density at radius 1 is 1.00 bits per heavy atom. The van der Waals surface area contributed by atoms with E-state index < -0.39 is 0 Å². The van der Waals surface area contributed by atoms with Crippen LogP contribution in [-0.4, -0.2) is 17.1 Å². The van der Waals surface area contributed by atoms with Crippen molar-refractivity contribution in [3.63, 3.8) is 0 Å². The summed E-state index contributed by atoms with van der Waals surface area (Å²) in [5.41, 5.74) is 2.93. The molecule has 0 bridgehead atoms. The van der Waals surface area contributed by atoms with Crippen LogP contribution in [0.2, 0.25) is 0 Å². The Kier molecular flexibility index (Phi) is 2.63. The van der Waals surface area contributed by atoms with Gasteiger partial charge in [-0.05, 0) is 31.2 Å². The van der Waals surface area contributed by atoms with Crippen LogP contribution in [0, 0.1) is 6.92 Å². The molecule has 15 heavy (non-hydrogen) atoms. The van der Waals surface area contributed by atoms with Crippen LogP contribution >= 0.6 is 0 Å². The Hall–Kier alpha value is -1.90. The average molecular weight is 200 g/mol. The molecule has 0 unspecified atom stereocenters. The lowest BCUT2D eigenvalue weighted by Crippen LogP contribution is -1.88. The highest BCUT2D eigenvalue weighted by atomic mass is 16.5. The van der Waals surface area contributed by atoms with Crippen LogP contribution < -0.4 is 4.74 Å². The minimum Gasteiger partial charge on any atom is -0.495 e. The smallest absolute Gasteiger partial charge is 0.137 e. The lowest BCUT2D eigenvalue weighted by Gasteiger charge is -2.02. The maximum atomic E-state index is 5.05. The standard InChI is InChI=1S/C12H12N2O/c1-9-3-4-10(7-13-9)12-6-5-11(15-2)8-14-12/h3-8H,1-2H3. The molecule has 2 heterocycles. The lowest BCUT2D eigenvalue weighted by molar-refractivity contribution is 0.413. The van der Waals surface area contributed by atoms with Gasteiger partial charge in [-0.25, -0.2) is 0 Å². The number of rotatable bonds is 2. The second-order valence-corrected chi connectivity index (χ2v) is 3.27. The van der Waals surface area contributed by atoms with Gasteiger partial charge < -0.3 is 4.74 Å². The SMILES string of the molecule is COc1ccc(-c2ccc(C)nc2)nc1. The highest BCUT2D eigenvalue weighted by molar-refractivity contribution is 5.58. The summed E-state index contributed by atoms with van der Waals surface area (Å²) in [7, 11) is 1.63. The third-order valence-corrected chi connectivity index (χ3v) is 2.18. The largest absolute Gasteiger partial charge is 0.495 e. The van der Waals surface area contributed by atoms with E-state index in [0.29, 0.717) is 0 Å². The molecule has 76 valence electrons. The number of nitrogens with zero attached hydrogens (tertiary/aromatic N) is 2. The summed E-state index contributed by atoms with van der Waals surface area (Å²) in [6, 6.07) is 7.80. The molecular formula is C12H12N2O. The van der Waals surface area contributed by atoms with E-state index in [2.05, 4.69) is 9.97 Å². The van der Waals surface area contributed by atoms with Crippen LogP contribution in [0.1, 0.15) is 5.69 Å². The molecule has 0 saturated heterocycles. The molecule has 0 spiro atoms. The van der Waals surface area contributed by atoms with Gasteiger partial charge in [0.2, 0.25) is 0 Å². The number of aryl methyl sites for hydroxylation is 1. The van der Waals surface area contributed by atoms with E-state index in [9.17, 15) is 0 Å². The van der Waals surface area contributed by atoms with Gasteiger partial charge in [-0.2, -0.15) is 0 Å². The molecule has 0 fully saturated rings. The minimum atomic E-state index is 0.763. The van der Waals surface area contributed by atoms with E-state index in [4.69, 9.17) is 4.74 Å². The van der Waals surface area contributed by atoms with E-state index in [1.807, 2.05) is 37.4 Å². The summed E-state index contributed by atoms with van der Waals surface area (Å²) in [6.45, 7) is 1.96. The first-order valence-corrected chi connectivity index (χ1v) is 4.72. The van der Waals surface area contributed by atoms with E-state index in [0.717, 1.165) is 22.7 Å². The summed E-state index contributed by atoms with van der Waals surface area (Å²) < 4.78 is 5.05. The number of methoxy groups -OCH3 is 1. The first-order chi connectivity index (χ1) is 7.29. The van der Waals surface area contributed by atoms with E-state index >= 15 is 0 Å². The summed E-state index contributed by atoms with van der Waals surface area (Å²) in [5, 5.41) is 0. The molecule has 0 aliphatic carbocycles. The fourth-order valence-electron chi connectivity index (χ4n) is 1.29. The van der Waals surface area contributed by atoms with Crippen molar-refractivity contribution in [2.45, 2.75) is 6.92 Å². The first-order valence-electron chi connectivity index (χ1n) is 4.72. The molecule has 3 nitrogen and oxygen atoms in total. The van der Waals surface area contributed by atoms with E-state index in [1.165, 1.54) is 0 Å². The molecule has 0 radical (unpaired) electrons. The van der Waals surface area contributed by atoms with Gasteiger partial charge in [-0.1, -0.05) is 0 Å². The first kappa shape index (κ1) is 9.65. The van der Waals surface area contributed by atoms with Crippen molar-refractivity contribution in [2.75, 3.05) is 7.11 Å². The van der Waals surface area contributed by atoms with Crippen molar-refractivity contribution in [1.82, 2.24) is 9.97 Å². The Labute approximate surface area is 88.8 Å². The number of hydrogen-bond donors (Lipinski definition) is 0. The molecular weight excluding hydrogens is 188 g/mol. The number of ether oxygens (including phenoxy) is 1. The van der Waals surface area contributed by atoms with Crippen LogP contribution in [0.25, 0.3) is 11.3 Å². The predicted molar refractivity (Wildman–Crippen MR) is 58.8 cm³/mol. The van der Waals surface area contributed by atoms with Crippen LogP contribution in [0.4, 0.5) is 0 Å². The maximum absolute atomic E-state index is 5.05. The van der Waals surface area contributed by atoms with E-state index in [-0.39, 0.29) is 0 Å². The van der Waals surface area contributed by atoms with Crippen LogP contribution in [0.3, 0.4) is 0 Å². The lowest BCUT2D eigenvalue weighted by atomic mass is 10.2. The topological polar surface area (TPSA) is 35.0 Å². The van der Waals surface area contributed by atoms with Gasteiger partial charge in [-0.15, -0.1) is 0 Å². The van der Waals surface area contributed by atoms with E-state index in [1.54, 1.807) is 13.3 Å². The van der Waals surface area contributed by atoms with Gasteiger partial charge in [0, 0.05) is 17.5 Å². The van der Waals surface area contributed by atoms with Crippen molar-refractivity contribution >= 4 is 0 Å². The average Bonchev–Trinajstić information content (AvgIpc) is 2.30. The predicted octanol–water partition coefficient (Wildman–Crippen LogP) is 2.46. The summed E-state index contributed by atoms with van der Waals surface area (Å²) >= 11 is 0. The quantitative estimate of drug-likeness (QED) is 0.747. The highest BCUT2D eigenvalue weighted by Gasteiger charge is 1.99. The van der Waals surface area contributed by atoms with Gasteiger partial charge in [-0.3, -0.25) is 9.97 Å². The second kappa shape index (κ2) is 4.09. The second-order valence-electron chi connectivity index (χ2n) is 3.27. The molecule has 2 aromatic heterocycles. The van der Waals surface area contributed by atoms with Gasteiger partial charge in [0.1, 0.15) is 5.75 Å². The summed E-state index contributed by atoms with van der Waals surface area (Å²) in [4.78, 5) is 8.51.